The van der Waals surface area contributed by atoms with Crippen molar-refractivity contribution in [3.05, 3.63) is 95.8 Å². The molecule has 0 radical (unpaired) electrons. The van der Waals surface area contributed by atoms with Crippen LogP contribution in [0.25, 0.3) is 33.3 Å². The molecule has 2 aromatic carbocycles. The number of pyridine rings is 2. The summed E-state index contributed by atoms with van der Waals surface area (Å²) in [5, 5.41) is 2.11. The molecule has 5 aromatic rings. The number of hydrogen-bond acceptors (Lipinski definition) is 3. The molecule has 130 valence electrons. The van der Waals surface area contributed by atoms with Crippen molar-refractivity contribution < 1.29 is 4.42 Å². The summed E-state index contributed by atoms with van der Waals surface area (Å²) in [4.78, 5) is 9.14. The largest absolute Gasteiger partial charge is 0.437 e. The first-order chi connectivity index (χ1) is 13.3. The number of rotatable bonds is 3. The van der Waals surface area contributed by atoms with Crippen molar-refractivity contribution >= 4 is 22.1 Å². The first kappa shape index (κ1) is 15.8. The van der Waals surface area contributed by atoms with Crippen molar-refractivity contribution in [2.24, 2.45) is 0 Å². The Morgan fingerprint density at radius 3 is 2.59 bits per heavy atom. The molecule has 0 amide bonds. The van der Waals surface area contributed by atoms with Crippen LogP contribution in [-0.4, -0.2) is 9.97 Å². The zero-order valence-electron chi connectivity index (χ0n) is 15.0. The van der Waals surface area contributed by atoms with Crippen LogP contribution < -0.4 is 0 Å². The van der Waals surface area contributed by atoms with E-state index in [9.17, 15) is 0 Å². The molecule has 3 aromatic heterocycles. The zero-order chi connectivity index (χ0) is 18.2. The number of hydrogen-bond donors (Lipinski definition) is 0. The van der Waals surface area contributed by atoms with Crippen LogP contribution in [0.1, 0.15) is 16.8 Å². The Morgan fingerprint density at radius 2 is 1.70 bits per heavy atom. The number of aromatic nitrogens is 2. The van der Waals surface area contributed by atoms with Gasteiger partial charge in [-0.25, -0.2) is 4.98 Å². The van der Waals surface area contributed by atoms with E-state index in [1.807, 2.05) is 25.3 Å². The van der Waals surface area contributed by atoms with E-state index in [0.29, 0.717) is 5.71 Å². The fourth-order valence-electron chi connectivity index (χ4n) is 3.54. The predicted octanol–water partition coefficient (Wildman–Crippen LogP) is 5.94. The van der Waals surface area contributed by atoms with Gasteiger partial charge in [0, 0.05) is 28.2 Å². The summed E-state index contributed by atoms with van der Waals surface area (Å²) in [5.41, 5.74) is 6.91. The minimum Gasteiger partial charge on any atom is -0.437 e. The highest BCUT2D eigenvalue weighted by Crippen LogP contribution is 2.34. The van der Waals surface area contributed by atoms with E-state index < -0.39 is 0 Å². The van der Waals surface area contributed by atoms with E-state index in [1.165, 1.54) is 11.1 Å². The summed E-state index contributed by atoms with van der Waals surface area (Å²) >= 11 is 0. The Labute approximate surface area is 157 Å². The van der Waals surface area contributed by atoms with Crippen molar-refractivity contribution in [1.82, 2.24) is 9.97 Å². The summed E-state index contributed by atoms with van der Waals surface area (Å²) in [6, 6.07) is 25.0. The predicted molar refractivity (Wildman–Crippen MR) is 109 cm³/mol. The molecule has 0 atom stereocenters. The normalized spacial score (nSPS) is 11.3. The van der Waals surface area contributed by atoms with Gasteiger partial charge in [0.2, 0.25) is 5.71 Å². The summed E-state index contributed by atoms with van der Waals surface area (Å²) < 4.78 is 6.13. The molecule has 0 bridgehead atoms. The van der Waals surface area contributed by atoms with Gasteiger partial charge in [-0.3, -0.25) is 4.98 Å². The van der Waals surface area contributed by atoms with Crippen LogP contribution in [0.2, 0.25) is 0 Å². The second-order valence-corrected chi connectivity index (χ2v) is 6.80. The summed E-state index contributed by atoms with van der Waals surface area (Å²) in [6.45, 7) is 1.97. The smallest absolute Gasteiger partial charge is 0.227 e. The summed E-state index contributed by atoms with van der Waals surface area (Å²) in [7, 11) is 0. The number of furan rings is 1. The van der Waals surface area contributed by atoms with Crippen molar-refractivity contribution in [3.63, 3.8) is 0 Å². The van der Waals surface area contributed by atoms with Gasteiger partial charge in [-0.05, 0) is 54.8 Å². The van der Waals surface area contributed by atoms with Crippen LogP contribution in [0, 0.1) is 6.92 Å². The molecule has 0 aliphatic heterocycles. The van der Waals surface area contributed by atoms with Crippen LogP contribution in [0.15, 0.2) is 83.4 Å². The summed E-state index contributed by atoms with van der Waals surface area (Å²) in [6.07, 6.45) is 2.75. The van der Waals surface area contributed by atoms with Crippen molar-refractivity contribution in [1.29, 1.82) is 0 Å². The van der Waals surface area contributed by atoms with E-state index in [1.54, 1.807) is 0 Å². The number of benzene rings is 2. The van der Waals surface area contributed by atoms with E-state index in [2.05, 4.69) is 70.6 Å². The van der Waals surface area contributed by atoms with Gasteiger partial charge in [-0.15, -0.1) is 0 Å². The van der Waals surface area contributed by atoms with E-state index in [-0.39, 0.29) is 0 Å². The molecule has 3 nitrogen and oxygen atoms in total. The molecule has 3 heteroatoms. The molecule has 0 unspecified atom stereocenters. The molecule has 0 N–H and O–H groups in total. The molecule has 0 spiro atoms. The lowest BCUT2D eigenvalue weighted by Crippen LogP contribution is -1.91. The SMILES string of the molecule is Cc1ccc2c(n1)oc1c(-c3cc(Cc4ccccc4)ccn3)cccc12. The fourth-order valence-corrected chi connectivity index (χ4v) is 3.54. The minimum atomic E-state index is 0.679. The monoisotopic (exact) mass is 350 g/mol. The second kappa shape index (κ2) is 6.36. The van der Waals surface area contributed by atoms with Crippen LogP contribution in [0.3, 0.4) is 0 Å². The van der Waals surface area contributed by atoms with Crippen LogP contribution in [-0.2, 0) is 6.42 Å². The second-order valence-electron chi connectivity index (χ2n) is 6.80. The zero-order valence-corrected chi connectivity index (χ0v) is 15.0. The number of para-hydroxylation sites is 1. The summed E-state index contributed by atoms with van der Waals surface area (Å²) in [5.74, 6) is 0. The molecule has 27 heavy (non-hydrogen) atoms. The highest BCUT2D eigenvalue weighted by atomic mass is 16.3. The lowest BCUT2D eigenvalue weighted by Gasteiger charge is -2.06. The standard InChI is InChI=1S/C24H18N2O/c1-16-10-11-20-19-8-5-9-21(23(19)27-24(20)26-16)22-15-18(12-13-25-22)14-17-6-3-2-4-7-17/h2-13,15H,14H2,1H3. The average Bonchev–Trinajstić information content (AvgIpc) is 3.06. The van der Waals surface area contributed by atoms with Gasteiger partial charge >= 0.3 is 0 Å². The third-order valence-electron chi connectivity index (χ3n) is 4.85. The average molecular weight is 350 g/mol. The van der Waals surface area contributed by atoms with Crippen LogP contribution >= 0.6 is 0 Å². The first-order valence-electron chi connectivity index (χ1n) is 9.06. The molecule has 0 aliphatic carbocycles. The van der Waals surface area contributed by atoms with Gasteiger partial charge in [-0.2, -0.15) is 0 Å². The number of aryl methyl sites for hydroxylation is 1. The highest BCUT2D eigenvalue weighted by molar-refractivity contribution is 6.08. The Kier molecular flexibility index (Phi) is 3.72. The maximum absolute atomic E-state index is 6.13. The Hall–Kier alpha value is -3.46. The molecule has 5 rings (SSSR count). The Balaban J connectivity index is 1.63. The first-order valence-corrected chi connectivity index (χ1v) is 9.06. The van der Waals surface area contributed by atoms with Gasteiger partial charge in [0.1, 0.15) is 5.58 Å². The Bertz CT molecular complexity index is 1260. The maximum Gasteiger partial charge on any atom is 0.227 e. The molecule has 0 saturated carbocycles. The highest BCUT2D eigenvalue weighted by Gasteiger charge is 2.14. The number of fused-ring (bicyclic) bond motifs is 3. The third kappa shape index (κ3) is 2.87. The van der Waals surface area contributed by atoms with Gasteiger partial charge in [0.25, 0.3) is 0 Å². The van der Waals surface area contributed by atoms with Crippen LogP contribution in [0.5, 0.6) is 0 Å². The van der Waals surface area contributed by atoms with Crippen molar-refractivity contribution in [3.8, 4) is 11.3 Å². The molecule has 0 aliphatic rings. The van der Waals surface area contributed by atoms with Crippen molar-refractivity contribution in [2.75, 3.05) is 0 Å². The van der Waals surface area contributed by atoms with Crippen LogP contribution in [0.4, 0.5) is 0 Å². The third-order valence-corrected chi connectivity index (χ3v) is 4.85. The Morgan fingerprint density at radius 1 is 0.815 bits per heavy atom. The molecule has 3 heterocycles. The molecule has 0 fully saturated rings. The fraction of sp³-hybridized carbons (Fsp3) is 0.0833. The quantitative estimate of drug-likeness (QED) is 0.404. The number of nitrogens with zero attached hydrogens (tertiary/aromatic N) is 2. The minimum absolute atomic E-state index is 0.679. The van der Waals surface area contributed by atoms with Gasteiger partial charge in [0.15, 0.2) is 0 Å². The maximum atomic E-state index is 6.13. The van der Waals surface area contributed by atoms with Gasteiger partial charge < -0.3 is 4.42 Å². The molecular formula is C24H18N2O. The van der Waals surface area contributed by atoms with E-state index in [0.717, 1.165) is 39.7 Å². The van der Waals surface area contributed by atoms with Gasteiger partial charge in [-0.1, -0.05) is 42.5 Å². The molecule has 0 saturated heterocycles. The van der Waals surface area contributed by atoms with Gasteiger partial charge in [0.05, 0.1) is 5.69 Å². The van der Waals surface area contributed by atoms with E-state index in [4.69, 9.17) is 4.42 Å². The van der Waals surface area contributed by atoms with E-state index >= 15 is 0 Å². The lowest BCUT2D eigenvalue weighted by molar-refractivity contribution is 0.653. The molecular weight excluding hydrogens is 332 g/mol. The lowest BCUT2D eigenvalue weighted by atomic mass is 10.0. The van der Waals surface area contributed by atoms with Crippen molar-refractivity contribution in [2.45, 2.75) is 13.3 Å². The topological polar surface area (TPSA) is 38.9 Å².